The van der Waals surface area contributed by atoms with Crippen LogP contribution in [0.1, 0.15) is 55.9 Å². The number of hydrogen-bond donors (Lipinski definition) is 2. The zero-order valence-corrected chi connectivity index (χ0v) is 15.5. The van der Waals surface area contributed by atoms with E-state index < -0.39 is 0 Å². The molecule has 7 heteroatoms. The van der Waals surface area contributed by atoms with Crippen molar-refractivity contribution in [2.24, 2.45) is 0 Å². The van der Waals surface area contributed by atoms with E-state index >= 15 is 0 Å². The lowest BCUT2D eigenvalue weighted by Gasteiger charge is -2.35. The second-order valence-electron chi connectivity index (χ2n) is 6.76. The maximum atomic E-state index is 11.9. The number of aliphatic hydroxyl groups is 1. The Morgan fingerprint density at radius 1 is 1.28 bits per heavy atom. The highest BCUT2D eigenvalue weighted by Crippen LogP contribution is 2.10. The molecule has 1 atom stereocenters. The topological polar surface area (TPSA) is 81.8 Å². The molecular weight excluding hydrogens is 320 g/mol. The van der Waals surface area contributed by atoms with E-state index in [2.05, 4.69) is 27.0 Å². The highest BCUT2D eigenvalue weighted by atomic mass is 16.3. The molecule has 1 aromatic heterocycles. The molecule has 142 valence electrons. The van der Waals surface area contributed by atoms with Crippen LogP contribution in [0.5, 0.6) is 0 Å². The Labute approximate surface area is 150 Å². The van der Waals surface area contributed by atoms with E-state index in [1.165, 1.54) is 6.26 Å². The monoisotopic (exact) mass is 352 g/mol. The number of aromatic nitrogens is 1. The number of nitrogens with zero attached hydrogens (tertiary/aromatic N) is 3. The van der Waals surface area contributed by atoms with E-state index in [0.29, 0.717) is 24.7 Å². The highest BCUT2D eigenvalue weighted by Gasteiger charge is 2.21. The number of oxazole rings is 1. The average Bonchev–Trinajstić information content (AvgIpc) is 3.08. The zero-order chi connectivity index (χ0) is 18.1. The van der Waals surface area contributed by atoms with E-state index in [1.807, 2.05) is 6.92 Å². The number of piperazine rings is 1. The number of unbranched alkanes of at least 4 members (excludes halogenated alkanes) is 1. The minimum atomic E-state index is -0.220. The third-order valence-electron chi connectivity index (χ3n) is 4.50. The highest BCUT2D eigenvalue weighted by molar-refractivity contribution is 5.91. The number of amides is 1. The van der Waals surface area contributed by atoms with E-state index in [1.54, 1.807) is 0 Å². The summed E-state index contributed by atoms with van der Waals surface area (Å²) in [5, 5.41) is 12.8. The normalized spacial score (nSPS) is 17.6. The fraction of sp³-hybridized carbons (Fsp3) is 0.778. The van der Waals surface area contributed by atoms with Crippen LogP contribution < -0.4 is 5.32 Å². The zero-order valence-electron chi connectivity index (χ0n) is 15.5. The Morgan fingerprint density at radius 2 is 2.00 bits per heavy atom. The molecule has 1 aliphatic rings. The SMILES string of the molecule is CCCC[C@@H](O)CN1CCN(Cc2nc(C(=O)NCCC)co2)CC1. The molecule has 0 aromatic carbocycles. The number of carbonyl (C=O) groups excluding carboxylic acids is 1. The molecule has 2 N–H and O–H groups in total. The number of nitrogens with one attached hydrogen (secondary N) is 1. The van der Waals surface area contributed by atoms with Crippen LogP contribution in [0.3, 0.4) is 0 Å². The van der Waals surface area contributed by atoms with Crippen LogP contribution in [0.25, 0.3) is 0 Å². The summed E-state index contributed by atoms with van der Waals surface area (Å²) in [6.07, 6.45) is 5.20. The molecule has 0 saturated carbocycles. The van der Waals surface area contributed by atoms with E-state index in [9.17, 15) is 9.90 Å². The summed E-state index contributed by atoms with van der Waals surface area (Å²) >= 11 is 0. The maximum absolute atomic E-state index is 11.9. The van der Waals surface area contributed by atoms with Crippen molar-refractivity contribution in [3.63, 3.8) is 0 Å². The second-order valence-corrected chi connectivity index (χ2v) is 6.76. The van der Waals surface area contributed by atoms with Crippen LogP contribution in [0.4, 0.5) is 0 Å². The van der Waals surface area contributed by atoms with Gasteiger partial charge in [-0.05, 0) is 12.8 Å². The largest absolute Gasteiger partial charge is 0.447 e. The van der Waals surface area contributed by atoms with Crippen LogP contribution >= 0.6 is 0 Å². The molecule has 1 saturated heterocycles. The molecular formula is C18H32N4O3. The van der Waals surface area contributed by atoms with Gasteiger partial charge in [0.05, 0.1) is 12.6 Å². The Balaban J connectivity index is 1.71. The number of carbonyl (C=O) groups is 1. The Morgan fingerprint density at radius 3 is 2.68 bits per heavy atom. The van der Waals surface area contributed by atoms with Crippen molar-refractivity contribution in [2.75, 3.05) is 39.3 Å². The molecule has 0 radical (unpaired) electrons. The van der Waals surface area contributed by atoms with Gasteiger partial charge in [0.1, 0.15) is 6.26 Å². The number of β-amino-alcohol motifs (C(OH)–C–C–N with tert-alkyl or cyclic N) is 1. The summed E-state index contributed by atoms with van der Waals surface area (Å²) in [4.78, 5) is 20.7. The minimum Gasteiger partial charge on any atom is -0.447 e. The van der Waals surface area contributed by atoms with Gasteiger partial charge >= 0.3 is 0 Å². The van der Waals surface area contributed by atoms with Gasteiger partial charge in [-0.3, -0.25) is 14.6 Å². The molecule has 0 aliphatic carbocycles. The van der Waals surface area contributed by atoms with Gasteiger partial charge in [0.2, 0.25) is 5.89 Å². The second kappa shape index (κ2) is 10.5. The van der Waals surface area contributed by atoms with Crippen molar-refractivity contribution in [2.45, 2.75) is 52.2 Å². The molecule has 0 spiro atoms. The molecule has 1 aromatic rings. The minimum absolute atomic E-state index is 0.178. The van der Waals surface area contributed by atoms with Crippen LogP contribution in [0.2, 0.25) is 0 Å². The Bertz CT molecular complexity index is 512. The van der Waals surface area contributed by atoms with Gasteiger partial charge < -0.3 is 14.8 Å². The lowest BCUT2D eigenvalue weighted by molar-refractivity contribution is 0.0627. The fourth-order valence-electron chi connectivity index (χ4n) is 2.97. The van der Waals surface area contributed by atoms with E-state index in [4.69, 9.17) is 4.42 Å². The molecule has 2 rings (SSSR count). The third-order valence-corrected chi connectivity index (χ3v) is 4.50. The van der Waals surface area contributed by atoms with Crippen molar-refractivity contribution >= 4 is 5.91 Å². The summed E-state index contributed by atoms with van der Waals surface area (Å²) in [5.41, 5.74) is 0.348. The molecule has 0 bridgehead atoms. The van der Waals surface area contributed by atoms with Gasteiger partial charge in [-0.1, -0.05) is 26.7 Å². The molecule has 2 heterocycles. The molecule has 1 fully saturated rings. The number of rotatable bonds is 10. The maximum Gasteiger partial charge on any atom is 0.273 e. The standard InChI is InChI=1S/C18H32N4O3/c1-3-5-6-15(23)12-21-8-10-22(11-9-21)13-17-20-16(14-25-17)18(24)19-7-4-2/h14-15,23H,3-13H2,1-2H3,(H,19,24)/t15-/m1/s1. The summed E-state index contributed by atoms with van der Waals surface area (Å²) in [6, 6.07) is 0. The predicted molar refractivity (Wildman–Crippen MR) is 96.4 cm³/mol. The summed E-state index contributed by atoms with van der Waals surface area (Å²) in [7, 11) is 0. The molecule has 1 aliphatic heterocycles. The fourth-order valence-corrected chi connectivity index (χ4v) is 2.97. The Kier molecular flexibility index (Phi) is 8.37. The molecule has 1 amide bonds. The average molecular weight is 352 g/mol. The van der Waals surface area contributed by atoms with Gasteiger partial charge in [0.15, 0.2) is 5.69 Å². The van der Waals surface area contributed by atoms with Gasteiger partial charge in [-0.15, -0.1) is 0 Å². The van der Waals surface area contributed by atoms with Crippen LogP contribution in [0, 0.1) is 0 Å². The number of hydrogen-bond acceptors (Lipinski definition) is 6. The first kappa shape index (κ1) is 19.9. The van der Waals surface area contributed by atoms with Crippen LogP contribution in [-0.2, 0) is 6.54 Å². The lowest BCUT2D eigenvalue weighted by Crippen LogP contribution is -2.48. The smallest absolute Gasteiger partial charge is 0.273 e. The lowest BCUT2D eigenvalue weighted by atomic mass is 10.1. The van der Waals surface area contributed by atoms with Gasteiger partial charge in [0, 0.05) is 39.3 Å². The molecule has 0 unspecified atom stereocenters. The van der Waals surface area contributed by atoms with Gasteiger partial charge in [-0.25, -0.2) is 4.98 Å². The van der Waals surface area contributed by atoms with Crippen LogP contribution in [0.15, 0.2) is 10.7 Å². The van der Waals surface area contributed by atoms with Crippen molar-refractivity contribution in [1.29, 1.82) is 0 Å². The predicted octanol–water partition coefficient (Wildman–Crippen LogP) is 1.48. The summed E-state index contributed by atoms with van der Waals surface area (Å²) in [6.45, 7) is 9.89. The van der Waals surface area contributed by atoms with Crippen molar-refractivity contribution in [1.82, 2.24) is 20.1 Å². The van der Waals surface area contributed by atoms with E-state index in [0.717, 1.165) is 58.4 Å². The van der Waals surface area contributed by atoms with Crippen molar-refractivity contribution < 1.29 is 14.3 Å². The van der Waals surface area contributed by atoms with E-state index in [-0.39, 0.29) is 12.0 Å². The molecule has 25 heavy (non-hydrogen) atoms. The number of aliphatic hydroxyl groups excluding tert-OH is 1. The van der Waals surface area contributed by atoms with Crippen molar-refractivity contribution in [3.05, 3.63) is 17.8 Å². The summed E-state index contributed by atoms with van der Waals surface area (Å²) in [5.74, 6) is 0.404. The first-order chi connectivity index (χ1) is 12.1. The van der Waals surface area contributed by atoms with Crippen molar-refractivity contribution in [3.8, 4) is 0 Å². The summed E-state index contributed by atoms with van der Waals surface area (Å²) < 4.78 is 5.44. The Hall–Kier alpha value is -1.44. The third kappa shape index (κ3) is 6.76. The van der Waals surface area contributed by atoms with Crippen LogP contribution in [-0.4, -0.2) is 71.2 Å². The first-order valence-electron chi connectivity index (χ1n) is 9.47. The quantitative estimate of drug-likeness (QED) is 0.664. The first-order valence-corrected chi connectivity index (χ1v) is 9.47. The molecule has 7 nitrogen and oxygen atoms in total. The van der Waals surface area contributed by atoms with Gasteiger partial charge in [0.25, 0.3) is 5.91 Å². The van der Waals surface area contributed by atoms with Gasteiger partial charge in [-0.2, -0.15) is 0 Å².